The first kappa shape index (κ1) is 20.7. The molecular weight excluding hydrogens is 396 g/mol. The van der Waals surface area contributed by atoms with Gasteiger partial charge in [-0.25, -0.2) is 8.42 Å². The third kappa shape index (κ3) is 4.54. The molecule has 2 aromatic carbocycles. The fraction of sp³-hybridized carbons (Fsp3) is 0.316. The lowest BCUT2D eigenvalue weighted by molar-refractivity contribution is -0.384. The third-order valence-corrected chi connectivity index (χ3v) is 6.62. The van der Waals surface area contributed by atoms with E-state index in [1.54, 1.807) is 26.2 Å². The SMILES string of the molecule is COc1ccc(/C(C)=N/Nc2ccc(S(=O)(=O)N3CCCC3)cc2[N+](=O)[O-])cc1. The van der Waals surface area contributed by atoms with Crippen LogP contribution in [0.4, 0.5) is 11.4 Å². The van der Waals surface area contributed by atoms with Crippen molar-refractivity contribution in [3.05, 3.63) is 58.1 Å². The van der Waals surface area contributed by atoms with Gasteiger partial charge in [0, 0.05) is 19.2 Å². The zero-order valence-corrected chi connectivity index (χ0v) is 17.0. The van der Waals surface area contributed by atoms with Gasteiger partial charge >= 0.3 is 0 Å². The number of nitro benzene ring substituents is 1. The maximum Gasteiger partial charge on any atom is 0.295 e. The van der Waals surface area contributed by atoms with Gasteiger partial charge in [-0.05, 0) is 61.7 Å². The topological polar surface area (TPSA) is 114 Å². The van der Waals surface area contributed by atoms with Crippen LogP contribution in [0.5, 0.6) is 5.75 Å². The predicted molar refractivity (Wildman–Crippen MR) is 110 cm³/mol. The summed E-state index contributed by atoms with van der Waals surface area (Å²) in [5.74, 6) is 0.708. The van der Waals surface area contributed by atoms with Crippen LogP contribution < -0.4 is 10.2 Å². The summed E-state index contributed by atoms with van der Waals surface area (Å²) >= 11 is 0. The van der Waals surface area contributed by atoms with Gasteiger partial charge in [0.1, 0.15) is 11.4 Å². The zero-order chi connectivity index (χ0) is 21.0. The molecular formula is C19H22N4O5S. The summed E-state index contributed by atoms with van der Waals surface area (Å²) in [5, 5.41) is 15.7. The van der Waals surface area contributed by atoms with E-state index < -0.39 is 14.9 Å². The van der Waals surface area contributed by atoms with E-state index in [2.05, 4.69) is 10.5 Å². The van der Waals surface area contributed by atoms with E-state index in [4.69, 9.17) is 4.74 Å². The van der Waals surface area contributed by atoms with Crippen molar-refractivity contribution in [1.82, 2.24) is 4.31 Å². The normalized spacial score (nSPS) is 15.3. The highest BCUT2D eigenvalue weighted by Crippen LogP contribution is 2.30. The maximum atomic E-state index is 12.7. The number of rotatable bonds is 7. The highest BCUT2D eigenvalue weighted by atomic mass is 32.2. The minimum Gasteiger partial charge on any atom is -0.497 e. The number of nitro groups is 1. The van der Waals surface area contributed by atoms with Gasteiger partial charge in [0.2, 0.25) is 10.0 Å². The van der Waals surface area contributed by atoms with Gasteiger partial charge in [-0.3, -0.25) is 15.5 Å². The second kappa shape index (κ2) is 8.58. The highest BCUT2D eigenvalue weighted by Gasteiger charge is 2.29. The lowest BCUT2D eigenvalue weighted by Crippen LogP contribution is -2.27. The van der Waals surface area contributed by atoms with Crippen molar-refractivity contribution in [3.8, 4) is 5.75 Å². The molecule has 0 amide bonds. The standard InChI is InChI=1S/C19H22N4O5S/c1-14(15-5-7-16(28-2)8-6-15)20-21-18-10-9-17(13-19(18)23(24)25)29(26,27)22-11-3-4-12-22/h5-10,13,21H,3-4,11-12H2,1-2H3/b20-14+. The Morgan fingerprint density at radius 2 is 1.83 bits per heavy atom. The largest absolute Gasteiger partial charge is 0.497 e. The fourth-order valence-electron chi connectivity index (χ4n) is 3.04. The van der Waals surface area contributed by atoms with Crippen molar-refractivity contribution in [2.24, 2.45) is 5.10 Å². The van der Waals surface area contributed by atoms with E-state index in [1.165, 1.54) is 16.4 Å². The second-order valence-electron chi connectivity index (χ2n) is 6.58. The molecule has 0 unspecified atom stereocenters. The van der Waals surface area contributed by atoms with Gasteiger partial charge in [-0.15, -0.1) is 0 Å². The van der Waals surface area contributed by atoms with Crippen molar-refractivity contribution in [2.45, 2.75) is 24.7 Å². The number of sulfonamides is 1. The molecule has 29 heavy (non-hydrogen) atoms. The number of hydrogen-bond donors (Lipinski definition) is 1. The zero-order valence-electron chi connectivity index (χ0n) is 16.2. The van der Waals surface area contributed by atoms with Crippen molar-refractivity contribution < 1.29 is 18.1 Å². The number of methoxy groups -OCH3 is 1. The number of ether oxygens (including phenoxy) is 1. The van der Waals surface area contributed by atoms with E-state index in [0.29, 0.717) is 24.6 Å². The molecule has 0 saturated carbocycles. The Labute approximate surface area is 169 Å². The number of hydrogen-bond acceptors (Lipinski definition) is 7. The van der Waals surface area contributed by atoms with Crippen LogP contribution in [0.25, 0.3) is 0 Å². The summed E-state index contributed by atoms with van der Waals surface area (Å²) in [6.07, 6.45) is 1.58. The minimum absolute atomic E-state index is 0.0903. The predicted octanol–water partition coefficient (Wildman–Crippen LogP) is 3.22. The summed E-state index contributed by atoms with van der Waals surface area (Å²) < 4.78 is 31.8. The van der Waals surface area contributed by atoms with Crippen LogP contribution in [0, 0.1) is 10.1 Å². The van der Waals surface area contributed by atoms with Gasteiger partial charge < -0.3 is 4.74 Å². The Hall–Kier alpha value is -2.98. The molecule has 154 valence electrons. The first-order chi connectivity index (χ1) is 13.8. The maximum absolute atomic E-state index is 12.7. The summed E-state index contributed by atoms with van der Waals surface area (Å²) in [6, 6.07) is 11.0. The summed E-state index contributed by atoms with van der Waals surface area (Å²) in [7, 11) is -2.17. The number of hydrazone groups is 1. The molecule has 0 bridgehead atoms. The molecule has 0 atom stereocenters. The average Bonchev–Trinajstić information content (AvgIpc) is 3.27. The summed E-state index contributed by atoms with van der Waals surface area (Å²) in [5.41, 5.74) is 3.86. The number of nitrogens with one attached hydrogen (secondary N) is 1. The number of anilines is 1. The Bertz CT molecular complexity index is 1030. The lowest BCUT2D eigenvalue weighted by atomic mass is 10.1. The van der Waals surface area contributed by atoms with Gasteiger partial charge in [0.15, 0.2) is 0 Å². The van der Waals surface area contributed by atoms with E-state index in [-0.39, 0.29) is 16.3 Å². The molecule has 0 radical (unpaired) electrons. The molecule has 1 fully saturated rings. The monoisotopic (exact) mass is 418 g/mol. The first-order valence-corrected chi connectivity index (χ1v) is 10.5. The molecule has 0 spiro atoms. The van der Waals surface area contributed by atoms with Gasteiger partial charge in [0.25, 0.3) is 5.69 Å². The van der Waals surface area contributed by atoms with Crippen LogP contribution in [0.2, 0.25) is 0 Å². The molecule has 0 aromatic heterocycles. The fourth-order valence-corrected chi connectivity index (χ4v) is 4.57. The van der Waals surface area contributed by atoms with Gasteiger partial charge in [-0.2, -0.15) is 9.41 Å². The second-order valence-corrected chi connectivity index (χ2v) is 8.52. The van der Waals surface area contributed by atoms with Crippen LogP contribution in [0.1, 0.15) is 25.3 Å². The van der Waals surface area contributed by atoms with E-state index in [1.807, 2.05) is 12.1 Å². The lowest BCUT2D eigenvalue weighted by Gasteiger charge is -2.15. The summed E-state index contributed by atoms with van der Waals surface area (Å²) in [4.78, 5) is 10.8. The minimum atomic E-state index is -3.74. The van der Waals surface area contributed by atoms with Crippen LogP contribution >= 0.6 is 0 Å². The van der Waals surface area contributed by atoms with Crippen LogP contribution in [0.15, 0.2) is 52.5 Å². The van der Waals surface area contributed by atoms with E-state index in [0.717, 1.165) is 24.5 Å². The highest BCUT2D eigenvalue weighted by molar-refractivity contribution is 7.89. The molecule has 1 N–H and O–H groups in total. The van der Waals surface area contributed by atoms with E-state index in [9.17, 15) is 18.5 Å². The quantitative estimate of drug-likeness (QED) is 0.419. The first-order valence-electron chi connectivity index (χ1n) is 9.06. The average molecular weight is 418 g/mol. The van der Waals surface area contributed by atoms with Crippen LogP contribution in [0.3, 0.4) is 0 Å². The summed E-state index contributed by atoms with van der Waals surface area (Å²) in [6.45, 7) is 2.62. The van der Waals surface area contributed by atoms with Crippen molar-refractivity contribution >= 4 is 27.1 Å². The molecule has 3 rings (SSSR count). The van der Waals surface area contributed by atoms with Gasteiger partial charge in [-0.1, -0.05) is 0 Å². The van der Waals surface area contributed by atoms with Crippen molar-refractivity contribution in [2.75, 3.05) is 25.6 Å². The molecule has 1 aliphatic rings. The Balaban J connectivity index is 1.86. The van der Waals surface area contributed by atoms with Gasteiger partial charge in [0.05, 0.1) is 22.6 Å². The Morgan fingerprint density at radius 3 is 2.41 bits per heavy atom. The van der Waals surface area contributed by atoms with Crippen molar-refractivity contribution in [3.63, 3.8) is 0 Å². The molecule has 1 saturated heterocycles. The molecule has 10 heteroatoms. The van der Waals surface area contributed by atoms with E-state index >= 15 is 0 Å². The smallest absolute Gasteiger partial charge is 0.295 e. The van der Waals surface area contributed by atoms with Crippen LogP contribution in [-0.4, -0.2) is 43.6 Å². The Morgan fingerprint density at radius 1 is 1.17 bits per heavy atom. The molecule has 2 aromatic rings. The number of nitrogens with zero attached hydrogens (tertiary/aromatic N) is 3. The molecule has 1 aliphatic heterocycles. The molecule has 1 heterocycles. The number of benzene rings is 2. The van der Waals surface area contributed by atoms with Crippen LogP contribution in [-0.2, 0) is 10.0 Å². The van der Waals surface area contributed by atoms with Crippen molar-refractivity contribution in [1.29, 1.82) is 0 Å². The third-order valence-electron chi connectivity index (χ3n) is 4.72. The Kier molecular flexibility index (Phi) is 6.14. The molecule has 9 nitrogen and oxygen atoms in total. The molecule has 0 aliphatic carbocycles.